The molecule has 0 bridgehead atoms. The van der Waals surface area contributed by atoms with Gasteiger partial charge in [-0.15, -0.1) is 0 Å². The molecule has 9 heteroatoms. The first-order valence-electron chi connectivity index (χ1n) is 9.05. The number of piperazine rings is 1. The molecule has 1 fully saturated rings. The Kier molecular flexibility index (Phi) is 5.34. The van der Waals surface area contributed by atoms with Crippen molar-refractivity contribution in [1.82, 2.24) is 15.0 Å². The van der Waals surface area contributed by atoms with Gasteiger partial charge in [-0.25, -0.2) is 4.98 Å². The predicted octanol–water partition coefficient (Wildman–Crippen LogP) is 4.02. The van der Waals surface area contributed by atoms with Gasteiger partial charge in [0.25, 0.3) is 5.91 Å². The van der Waals surface area contributed by atoms with Crippen molar-refractivity contribution in [3.8, 4) is 17.0 Å². The molecular formula is C20H18Cl2N4O3. The van der Waals surface area contributed by atoms with Crippen LogP contribution in [0.1, 0.15) is 16.1 Å². The monoisotopic (exact) mass is 432 g/mol. The highest BCUT2D eigenvalue weighted by atomic mass is 35.5. The molecule has 2 aromatic heterocycles. The molecule has 0 radical (unpaired) electrons. The molecule has 0 saturated carbocycles. The van der Waals surface area contributed by atoms with Crippen LogP contribution >= 0.6 is 23.2 Å². The first-order valence-corrected chi connectivity index (χ1v) is 9.81. The number of nitrogens with zero attached hydrogens (tertiary/aromatic N) is 4. The minimum atomic E-state index is -0.184. The largest absolute Gasteiger partial charge is 0.507 e. The van der Waals surface area contributed by atoms with Crippen molar-refractivity contribution in [3.05, 3.63) is 57.9 Å². The Morgan fingerprint density at radius 2 is 1.90 bits per heavy atom. The number of carbonyl (C=O) groups is 1. The maximum Gasteiger partial charge on any atom is 0.259 e. The molecule has 1 aliphatic heterocycles. The molecule has 1 amide bonds. The molecule has 29 heavy (non-hydrogen) atoms. The topological polar surface area (TPSA) is 82.7 Å². The van der Waals surface area contributed by atoms with Crippen LogP contribution in [0.5, 0.6) is 5.75 Å². The number of phenols is 1. The van der Waals surface area contributed by atoms with Crippen LogP contribution in [0, 0.1) is 6.92 Å². The van der Waals surface area contributed by atoms with Crippen LogP contribution in [-0.2, 0) is 0 Å². The summed E-state index contributed by atoms with van der Waals surface area (Å²) >= 11 is 12.2. The summed E-state index contributed by atoms with van der Waals surface area (Å²) < 4.78 is 5.28. The van der Waals surface area contributed by atoms with Gasteiger partial charge in [-0.1, -0.05) is 40.5 Å². The summed E-state index contributed by atoms with van der Waals surface area (Å²) in [4.78, 5) is 21.3. The van der Waals surface area contributed by atoms with Crippen molar-refractivity contribution in [2.45, 2.75) is 6.92 Å². The van der Waals surface area contributed by atoms with Crippen molar-refractivity contribution in [3.63, 3.8) is 0 Å². The number of halogens is 2. The highest BCUT2D eigenvalue weighted by Crippen LogP contribution is 2.33. The number of anilines is 1. The number of carbonyl (C=O) groups excluding carboxylic acids is 1. The Hall–Kier alpha value is -2.77. The number of hydrogen-bond donors (Lipinski definition) is 1. The lowest BCUT2D eigenvalue weighted by atomic mass is 10.0. The second kappa shape index (κ2) is 7.93. The molecule has 4 rings (SSSR count). The number of aryl methyl sites for hydroxylation is 1. The normalized spacial score (nSPS) is 14.3. The quantitative estimate of drug-likeness (QED) is 0.672. The van der Waals surface area contributed by atoms with Gasteiger partial charge >= 0.3 is 0 Å². The number of aromatic nitrogens is 2. The van der Waals surface area contributed by atoms with Crippen LogP contribution in [0.2, 0.25) is 10.0 Å². The van der Waals surface area contributed by atoms with Gasteiger partial charge in [0, 0.05) is 37.9 Å². The predicted molar refractivity (Wildman–Crippen MR) is 111 cm³/mol. The molecule has 1 aromatic carbocycles. The molecule has 0 spiro atoms. The molecule has 1 N–H and O–H groups in total. The zero-order chi connectivity index (χ0) is 20.5. The van der Waals surface area contributed by atoms with Gasteiger partial charge in [0.05, 0.1) is 10.0 Å². The average Bonchev–Trinajstić information content (AvgIpc) is 3.09. The summed E-state index contributed by atoms with van der Waals surface area (Å²) in [6.45, 7) is 3.83. The van der Waals surface area contributed by atoms with E-state index in [0.29, 0.717) is 64.6 Å². The van der Waals surface area contributed by atoms with Gasteiger partial charge in [0.15, 0.2) is 0 Å². The SMILES string of the molecule is Cc1onc(-c2ccccc2O)c1C(=O)N1CCN(c2ncc(Cl)cc2Cl)CC1. The van der Waals surface area contributed by atoms with E-state index in [1.54, 1.807) is 48.4 Å². The van der Waals surface area contributed by atoms with Crippen LogP contribution in [0.4, 0.5) is 5.82 Å². The summed E-state index contributed by atoms with van der Waals surface area (Å²) in [6.07, 6.45) is 1.55. The number of phenolic OH excluding ortho intramolecular Hbond substituents is 1. The molecule has 150 valence electrons. The first-order chi connectivity index (χ1) is 14.0. The van der Waals surface area contributed by atoms with Gasteiger partial charge in [-0.3, -0.25) is 4.79 Å². The number of hydrogen-bond acceptors (Lipinski definition) is 6. The van der Waals surface area contributed by atoms with Gasteiger partial charge in [0.2, 0.25) is 0 Å². The smallest absolute Gasteiger partial charge is 0.259 e. The van der Waals surface area contributed by atoms with Crippen LogP contribution < -0.4 is 4.90 Å². The summed E-state index contributed by atoms with van der Waals surface area (Å²) in [5.74, 6) is 0.928. The third-order valence-corrected chi connectivity index (χ3v) is 5.38. The average molecular weight is 433 g/mol. The van der Waals surface area contributed by atoms with Gasteiger partial charge < -0.3 is 19.4 Å². The van der Waals surface area contributed by atoms with E-state index in [0.717, 1.165) is 0 Å². The van der Waals surface area contributed by atoms with E-state index in [1.807, 2.05) is 4.90 Å². The minimum Gasteiger partial charge on any atom is -0.507 e. The Bertz CT molecular complexity index is 1060. The summed E-state index contributed by atoms with van der Waals surface area (Å²) in [5.41, 5.74) is 1.17. The lowest BCUT2D eigenvalue weighted by molar-refractivity contribution is 0.0745. The van der Waals surface area contributed by atoms with E-state index in [1.165, 1.54) is 0 Å². The first kappa shape index (κ1) is 19.5. The van der Waals surface area contributed by atoms with Gasteiger partial charge in [-0.2, -0.15) is 0 Å². The maximum absolute atomic E-state index is 13.2. The number of rotatable bonds is 3. The Morgan fingerprint density at radius 3 is 2.59 bits per heavy atom. The number of para-hydroxylation sites is 1. The van der Waals surface area contributed by atoms with Crippen LogP contribution in [0.25, 0.3) is 11.3 Å². The maximum atomic E-state index is 13.2. The Balaban J connectivity index is 1.54. The lowest BCUT2D eigenvalue weighted by Crippen LogP contribution is -2.49. The van der Waals surface area contributed by atoms with Crippen LogP contribution in [0.3, 0.4) is 0 Å². The molecular weight excluding hydrogens is 415 g/mol. The number of benzene rings is 1. The summed E-state index contributed by atoms with van der Waals surface area (Å²) in [5, 5.41) is 15.1. The van der Waals surface area contributed by atoms with Crippen molar-refractivity contribution >= 4 is 34.9 Å². The van der Waals surface area contributed by atoms with Gasteiger partial charge in [-0.05, 0) is 25.1 Å². The zero-order valence-corrected chi connectivity index (χ0v) is 17.1. The molecule has 1 saturated heterocycles. The third-order valence-electron chi connectivity index (χ3n) is 4.89. The van der Waals surface area contributed by atoms with E-state index >= 15 is 0 Å². The zero-order valence-electron chi connectivity index (χ0n) is 15.6. The molecule has 1 aliphatic rings. The molecule has 0 aliphatic carbocycles. The fraction of sp³-hybridized carbons (Fsp3) is 0.250. The Morgan fingerprint density at radius 1 is 1.17 bits per heavy atom. The fourth-order valence-corrected chi connectivity index (χ4v) is 3.90. The van der Waals surface area contributed by atoms with E-state index in [-0.39, 0.29) is 11.7 Å². The fourth-order valence-electron chi connectivity index (χ4n) is 3.40. The van der Waals surface area contributed by atoms with E-state index in [2.05, 4.69) is 10.1 Å². The second-order valence-corrected chi connectivity index (χ2v) is 7.56. The third kappa shape index (κ3) is 3.75. The number of aromatic hydroxyl groups is 1. The molecule has 3 heterocycles. The van der Waals surface area contributed by atoms with Gasteiger partial charge in [0.1, 0.15) is 28.6 Å². The highest BCUT2D eigenvalue weighted by molar-refractivity contribution is 6.36. The lowest BCUT2D eigenvalue weighted by Gasteiger charge is -2.35. The molecule has 7 nitrogen and oxygen atoms in total. The van der Waals surface area contributed by atoms with E-state index in [9.17, 15) is 9.90 Å². The summed E-state index contributed by atoms with van der Waals surface area (Å²) in [7, 11) is 0. The van der Waals surface area contributed by atoms with Crippen LogP contribution in [-0.4, -0.2) is 52.2 Å². The van der Waals surface area contributed by atoms with Crippen molar-refractivity contribution < 1.29 is 14.4 Å². The van der Waals surface area contributed by atoms with E-state index in [4.69, 9.17) is 27.7 Å². The van der Waals surface area contributed by atoms with Crippen LogP contribution in [0.15, 0.2) is 41.1 Å². The Labute approximate surface area is 177 Å². The van der Waals surface area contributed by atoms with E-state index < -0.39 is 0 Å². The number of amides is 1. The molecule has 3 aromatic rings. The molecule has 0 atom stereocenters. The van der Waals surface area contributed by atoms with Crippen molar-refractivity contribution in [2.75, 3.05) is 31.1 Å². The highest BCUT2D eigenvalue weighted by Gasteiger charge is 2.30. The number of pyridine rings is 1. The minimum absolute atomic E-state index is 0.0446. The standard InChI is InChI=1S/C20H18Cl2N4O3/c1-12-17(18(24-29-12)14-4-2-3-5-16(14)27)20(28)26-8-6-25(7-9-26)19-15(22)10-13(21)11-23-19/h2-5,10-11,27H,6-9H2,1H3. The molecule has 0 unspecified atom stereocenters. The second-order valence-electron chi connectivity index (χ2n) is 6.72. The van der Waals surface area contributed by atoms with Crippen molar-refractivity contribution in [1.29, 1.82) is 0 Å². The van der Waals surface area contributed by atoms with Crippen molar-refractivity contribution in [2.24, 2.45) is 0 Å². The summed E-state index contributed by atoms with van der Waals surface area (Å²) in [6, 6.07) is 8.39.